The molecule has 174 valence electrons. The predicted octanol–water partition coefficient (Wildman–Crippen LogP) is 5.84. The molecule has 3 rings (SSSR count). The number of ether oxygens (including phenoxy) is 3. The number of thioether (sulfide) groups is 1. The molecule has 10 heteroatoms. The van der Waals surface area contributed by atoms with Crippen molar-refractivity contribution in [2.75, 3.05) is 20.8 Å². The van der Waals surface area contributed by atoms with Gasteiger partial charge >= 0.3 is 5.97 Å². The number of hydrogen-bond acceptors (Lipinski definition) is 7. The molecule has 0 unspecified atom stereocenters. The molecule has 0 bridgehead atoms. The van der Waals surface area contributed by atoms with Crippen LogP contribution in [0.3, 0.4) is 0 Å². The topological polar surface area (TPSA) is 65.1 Å². The van der Waals surface area contributed by atoms with Gasteiger partial charge in [-0.3, -0.25) is 14.5 Å². The zero-order valence-electron chi connectivity index (χ0n) is 17.9. The molecule has 1 heterocycles. The van der Waals surface area contributed by atoms with E-state index in [1.807, 2.05) is 18.2 Å². The summed E-state index contributed by atoms with van der Waals surface area (Å²) in [6.07, 6.45) is 2.47. The van der Waals surface area contributed by atoms with Gasteiger partial charge in [0.25, 0.3) is 5.91 Å². The van der Waals surface area contributed by atoms with Crippen LogP contribution < -0.4 is 9.47 Å². The minimum Gasteiger partial charge on any atom is -0.493 e. The minimum atomic E-state index is -0.314. The van der Waals surface area contributed by atoms with Crippen molar-refractivity contribution in [2.24, 2.45) is 0 Å². The predicted molar refractivity (Wildman–Crippen MR) is 138 cm³/mol. The number of carbonyl (C=O) groups excluding carboxylic acids is 2. The first-order chi connectivity index (χ1) is 15.8. The van der Waals surface area contributed by atoms with E-state index >= 15 is 0 Å². The Labute approximate surface area is 215 Å². The lowest BCUT2D eigenvalue weighted by Crippen LogP contribution is -2.29. The number of carbonyl (C=O) groups is 2. The zero-order chi connectivity index (χ0) is 24.0. The average Bonchev–Trinajstić information content (AvgIpc) is 3.06. The van der Waals surface area contributed by atoms with Crippen LogP contribution in [0, 0.1) is 0 Å². The second kappa shape index (κ2) is 11.9. The van der Waals surface area contributed by atoms with E-state index in [4.69, 9.17) is 33.3 Å². The second-order valence-electron chi connectivity index (χ2n) is 6.96. The van der Waals surface area contributed by atoms with Crippen LogP contribution in [0.25, 0.3) is 6.08 Å². The monoisotopic (exact) mass is 569 g/mol. The van der Waals surface area contributed by atoms with Crippen LogP contribution in [0.1, 0.15) is 24.0 Å². The summed E-state index contributed by atoms with van der Waals surface area (Å²) in [7, 11) is 2.90. The third-order valence-corrected chi connectivity index (χ3v) is 6.93. The van der Waals surface area contributed by atoms with E-state index in [1.165, 1.54) is 23.8 Å². The van der Waals surface area contributed by atoms with E-state index in [0.717, 1.165) is 11.1 Å². The van der Waals surface area contributed by atoms with Gasteiger partial charge in [-0.15, -0.1) is 0 Å². The maximum Gasteiger partial charge on any atom is 0.305 e. The molecule has 2 aromatic carbocycles. The molecule has 0 aliphatic carbocycles. The normalized spacial score (nSPS) is 14.7. The Morgan fingerprint density at radius 2 is 1.97 bits per heavy atom. The summed E-state index contributed by atoms with van der Waals surface area (Å²) < 4.78 is 17.3. The van der Waals surface area contributed by atoms with E-state index in [9.17, 15) is 9.59 Å². The van der Waals surface area contributed by atoms with Crippen LogP contribution in [0.4, 0.5) is 0 Å². The lowest BCUT2D eigenvalue weighted by Gasteiger charge is -2.14. The largest absolute Gasteiger partial charge is 0.493 e. The maximum absolute atomic E-state index is 12.8. The molecule has 6 nitrogen and oxygen atoms in total. The van der Waals surface area contributed by atoms with Crippen molar-refractivity contribution in [3.05, 3.63) is 61.9 Å². The van der Waals surface area contributed by atoms with E-state index < -0.39 is 0 Å². The molecular formula is C23H21BrClNO5S2. The van der Waals surface area contributed by atoms with Gasteiger partial charge in [0.1, 0.15) is 10.9 Å². The average molecular weight is 571 g/mol. The molecular weight excluding hydrogens is 550 g/mol. The fourth-order valence-corrected chi connectivity index (χ4v) is 5.04. The quantitative estimate of drug-likeness (QED) is 0.213. The Hall–Kier alpha value is -2.07. The summed E-state index contributed by atoms with van der Waals surface area (Å²) in [5.74, 6) is 0.581. The number of esters is 1. The van der Waals surface area contributed by atoms with Crippen molar-refractivity contribution in [2.45, 2.75) is 19.4 Å². The number of thiocarbonyl (C=S) groups is 1. The molecule has 1 amide bonds. The van der Waals surface area contributed by atoms with Gasteiger partial charge in [0.05, 0.1) is 23.6 Å². The van der Waals surface area contributed by atoms with Crippen LogP contribution in [0.5, 0.6) is 11.5 Å². The first kappa shape index (κ1) is 25.6. The molecule has 0 radical (unpaired) electrons. The van der Waals surface area contributed by atoms with Crippen molar-refractivity contribution < 1.29 is 23.8 Å². The van der Waals surface area contributed by atoms with Gasteiger partial charge in [0.2, 0.25) is 0 Å². The van der Waals surface area contributed by atoms with Crippen molar-refractivity contribution in [3.8, 4) is 11.5 Å². The van der Waals surface area contributed by atoms with Crippen LogP contribution in [0.2, 0.25) is 5.02 Å². The van der Waals surface area contributed by atoms with Crippen molar-refractivity contribution >= 4 is 73.8 Å². The van der Waals surface area contributed by atoms with Crippen molar-refractivity contribution in [1.82, 2.24) is 4.90 Å². The van der Waals surface area contributed by atoms with Gasteiger partial charge in [0, 0.05) is 18.0 Å². The molecule has 0 saturated carbocycles. The summed E-state index contributed by atoms with van der Waals surface area (Å²) in [6.45, 7) is 0.706. The van der Waals surface area contributed by atoms with E-state index in [-0.39, 0.29) is 18.3 Å². The van der Waals surface area contributed by atoms with Crippen molar-refractivity contribution in [3.63, 3.8) is 0 Å². The highest BCUT2D eigenvalue weighted by Gasteiger charge is 2.31. The maximum atomic E-state index is 12.8. The number of nitrogens with zero attached hydrogens (tertiary/aromatic N) is 1. The summed E-state index contributed by atoms with van der Waals surface area (Å²) >= 11 is 16.1. The highest BCUT2D eigenvalue weighted by atomic mass is 79.9. The lowest BCUT2D eigenvalue weighted by molar-refractivity contribution is -0.141. The molecule has 1 saturated heterocycles. The highest BCUT2D eigenvalue weighted by molar-refractivity contribution is 9.10. The number of rotatable bonds is 9. The Morgan fingerprint density at radius 3 is 2.64 bits per heavy atom. The lowest BCUT2D eigenvalue weighted by atomic mass is 10.1. The van der Waals surface area contributed by atoms with Gasteiger partial charge in [0.15, 0.2) is 11.5 Å². The molecule has 0 atom stereocenters. The van der Waals surface area contributed by atoms with Gasteiger partial charge in [-0.1, -0.05) is 47.7 Å². The van der Waals surface area contributed by atoms with Gasteiger partial charge in [-0.2, -0.15) is 0 Å². The Morgan fingerprint density at radius 1 is 1.24 bits per heavy atom. The summed E-state index contributed by atoms with van der Waals surface area (Å²) in [5, 5.41) is 0.663. The summed E-state index contributed by atoms with van der Waals surface area (Å²) in [5.41, 5.74) is 1.72. The summed E-state index contributed by atoms with van der Waals surface area (Å²) in [4.78, 5) is 26.1. The van der Waals surface area contributed by atoms with Gasteiger partial charge in [-0.25, -0.2) is 0 Å². The number of hydrogen-bond donors (Lipinski definition) is 0. The zero-order valence-corrected chi connectivity index (χ0v) is 21.9. The SMILES string of the molecule is COC(=O)CCCN1C(=O)/C(=C/c2cc(Br)c(OCc3ccc(Cl)cc3)c(OC)c2)SC1=S. The number of benzene rings is 2. The second-order valence-corrected chi connectivity index (χ2v) is 9.93. The first-order valence-corrected chi connectivity index (χ1v) is 12.3. The molecule has 0 spiro atoms. The third kappa shape index (κ3) is 6.72. The molecule has 1 aliphatic rings. The Kier molecular flexibility index (Phi) is 9.19. The molecule has 0 aromatic heterocycles. The van der Waals surface area contributed by atoms with Crippen LogP contribution in [-0.2, 0) is 20.9 Å². The molecule has 2 aromatic rings. The highest BCUT2D eigenvalue weighted by Crippen LogP contribution is 2.39. The fourth-order valence-electron chi connectivity index (χ4n) is 3.03. The fraction of sp³-hybridized carbons (Fsp3) is 0.261. The number of amides is 1. The Balaban J connectivity index is 1.73. The van der Waals surface area contributed by atoms with Crippen LogP contribution in [-0.4, -0.2) is 41.9 Å². The standard InChI is InChI=1S/C23H21BrClNO5S2/c1-29-18-11-15(10-17(24)21(18)31-13-14-5-7-16(25)8-6-14)12-19-22(28)26(23(32)33-19)9-3-4-20(27)30-2/h5-8,10-12H,3-4,9,13H2,1-2H3/b19-12-. The van der Waals surface area contributed by atoms with E-state index in [0.29, 0.717) is 49.8 Å². The van der Waals surface area contributed by atoms with Gasteiger partial charge in [-0.05, 0) is 63.8 Å². The number of halogens is 2. The Bertz CT molecular complexity index is 1090. The first-order valence-electron chi connectivity index (χ1n) is 9.89. The summed E-state index contributed by atoms with van der Waals surface area (Å²) in [6, 6.07) is 11.0. The molecule has 0 N–H and O–H groups in total. The van der Waals surface area contributed by atoms with Crippen LogP contribution in [0.15, 0.2) is 45.8 Å². The van der Waals surface area contributed by atoms with Crippen LogP contribution >= 0.6 is 51.5 Å². The smallest absolute Gasteiger partial charge is 0.305 e. The molecule has 1 fully saturated rings. The number of methoxy groups -OCH3 is 2. The van der Waals surface area contributed by atoms with E-state index in [1.54, 1.807) is 31.4 Å². The molecule has 33 heavy (non-hydrogen) atoms. The third-order valence-electron chi connectivity index (χ3n) is 4.71. The van der Waals surface area contributed by atoms with Crippen molar-refractivity contribution in [1.29, 1.82) is 0 Å². The van der Waals surface area contributed by atoms with Gasteiger partial charge < -0.3 is 14.2 Å². The molecule has 1 aliphatic heterocycles. The van der Waals surface area contributed by atoms with E-state index in [2.05, 4.69) is 20.7 Å². The minimum absolute atomic E-state index is 0.187.